The molecule has 0 amide bonds. The third-order valence-corrected chi connectivity index (χ3v) is 3.62. The molecule has 2 heterocycles. The molecule has 108 valence electrons. The maximum absolute atomic E-state index is 11.5. The predicted octanol–water partition coefficient (Wildman–Crippen LogP) is 2.91. The number of esters is 1. The minimum absolute atomic E-state index is 0.314. The lowest BCUT2D eigenvalue weighted by Crippen LogP contribution is -2.00. The zero-order valence-corrected chi connectivity index (χ0v) is 12.7. The Hall–Kier alpha value is -1.76. The van der Waals surface area contributed by atoms with E-state index in [2.05, 4.69) is 19.9 Å². The summed E-state index contributed by atoms with van der Waals surface area (Å²) in [7, 11) is 1.35. The van der Waals surface area contributed by atoms with Crippen molar-refractivity contribution in [2.24, 2.45) is 0 Å². The molecule has 0 bridgehead atoms. The van der Waals surface area contributed by atoms with Gasteiger partial charge in [-0.25, -0.2) is 9.78 Å². The van der Waals surface area contributed by atoms with Gasteiger partial charge in [-0.3, -0.25) is 5.10 Å². The highest BCUT2D eigenvalue weighted by molar-refractivity contribution is 7.98. The van der Waals surface area contributed by atoms with Gasteiger partial charge in [0.1, 0.15) is 22.9 Å². The minimum Gasteiger partial charge on any atom is -0.465 e. The highest BCUT2D eigenvalue weighted by Gasteiger charge is 2.16. The van der Waals surface area contributed by atoms with Crippen LogP contribution in [0.25, 0.3) is 0 Å². The summed E-state index contributed by atoms with van der Waals surface area (Å²) in [6, 6.07) is 1.70. The van der Waals surface area contributed by atoms with E-state index in [1.807, 2.05) is 13.8 Å². The SMILES string of the molecule is COC(=O)c1cc(CSc2n[nH]c(C(C)C)n2)oc1C. The molecule has 0 unspecified atom stereocenters. The molecular weight excluding hydrogens is 278 g/mol. The normalized spacial score (nSPS) is 11.1. The Morgan fingerprint density at radius 1 is 1.55 bits per heavy atom. The van der Waals surface area contributed by atoms with Crippen LogP contribution in [0.1, 0.15) is 47.5 Å². The topological polar surface area (TPSA) is 81.0 Å². The summed E-state index contributed by atoms with van der Waals surface area (Å²) in [4.78, 5) is 15.8. The van der Waals surface area contributed by atoms with Gasteiger partial charge in [-0.05, 0) is 13.0 Å². The van der Waals surface area contributed by atoms with Crippen LogP contribution >= 0.6 is 11.8 Å². The maximum Gasteiger partial charge on any atom is 0.341 e. The summed E-state index contributed by atoms with van der Waals surface area (Å²) in [5.74, 6) is 2.61. The number of aromatic nitrogens is 3. The largest absolute Gasteiger partial charge is 0.465 e. The van der Waals surface area contributed by atoms with Crippen LogP contribution < -0.4 is 0 Å². The second kappa shape index (κ2) is 6.13. The molecule has 2 aromatic heterocycles. The molecule has 1 N–H and O–H groups in total. The van der Waals surface area contributed by atoms with E-state index in [0.29, 0.717) is 33.9 Å². The molecule has 6 nitrogen and oxygen atoms in total. The number of hydrogen-bond donors (Lipinski definition) is 1. The number of carbonyl (C=O) groups is 1. The molecule has 0 spiro atoms. The first-order valence-electron chi connectivity index (χ1n) is 6.24. The third kappa shape index (κ3) is 3.22. The van der Waals surface area contributed by atoms with Crippen molar-refractivity contribution in [1.82, 2.24) is 15.2 Å². The number of methoxy groups -OCH3 is 1. The number of nitrogens with zero attached hydrogens (tertiary/aromatic N) is 2. The molecule has 2 rings (SSSR count). The van der Waals surface area contributed by atoms with Crippen LogP contribution in [0.15, 0.2) is 15.6 Å². The maximum atomic E-state index is 11.5. The number of H-pyrrole nitrogens is 1. The van der Waals surface area contributed by atoms with Crippen molar-refractivity contribution in [3.8, 4) is 0 Å². The van der Waals surface area contributed by atoms with E-state index in [-0.39, 0.29) is 5.97 Å². The van der Waals surface area contributed by atoms with E-state index in [1.54, 1.807) is 13.0 Å². The van der Waals surface area contributed by atoms with E-state index in [0.717, 1.165) is 5.82 Å². The molecule has 0 aromatic carbocycles. The summed E-state index contributed by atoms with van der Waals surface area (Å²) in [5, 5.41) is 7.69. The first-order valence-corrected chi connectivity index (χ1v) is 7.22. The van der Waals surface area contributed by atoms with E-state index in [4.69, 9.17) is 4.42 Å². The molecule has 0 aliphatic carbocycles. The van der Waals surface area contributed by atoms with E-state index < -0.39 is 0 Å². The second-order valence-corrected chi connectivity index (χ2v) is 5.56. The summed E-state index contributed by atoms with van der Waals surface area (Å²) in [6.07, 6.45) is 0. The van der Waals surface area contributed by atoms with Gasteiger partial charge >= 0.3 is 5.97 Å². The number of hydrogen-bond acceptors (Lipinski definition) is 6. The number of ether oxygens (including phenoxy) is 1. The van der Waals surface area contributed by atoms with Crippen molar-refractivity contribution in [2.45, 2.75) is 37.6 Å². The molecule has 0 aliphatic rings. The van der Waals surface area contributed by atoms with Gasteiger partial charge in [-0.1, -0.05) is 25.6 Å². The lowest BCUT2D eigenvalue weighted by atomic mass is 10.2. The van der Waals surface area contributed by atoms with Gasteiger partial charge in [0, 0.05) is 5.92 Å². The van der Waals surface area contributed by atoms with Crippen LogP contribution in [0.4, 0.5) is 0 Å². The zero-order valence-electron chi connectivity index (χ0n) is 11.9. The molecule has 0 saturated carbocycles. The molecular formula is C13H17N3O3S. The smallest absolute Gasteiger partial charge is 0.341 e. The van der Waals surface area contributed by atoms with Crippen molar-refractivity contribution in [3.05, 3.63) is 29.0 Å². The third-order valence-electron chi connectivity index (χ3n) is 2.75. The van der Waals surface area contributed by atoms with Crippen molar-refractivity contribution in [2.75, 3.05) is 7.11 Å². The van der Waals surface area contributed by atoms with E-state index >= 15 is 0 Å². The number of nitrogens with one attached hydrogen (secondary N) is 1. The average Bonchev–Trinajstić information content (AvgIpc) is 3.02. The van der Waals surface area contributed by atoms with Crippen LogP contribution in [-0.4, -0.2) is 28.3 Å². The summed E-state index contributed by atoms with van der Waals surface area (Å²) in [6.45, 7) is 5.84. The summed E-state index contributed by atoms with van der Waals surface area (Å²) < 4.78 is 10.2. The Balaban J connectivity index is 2.01. The molecule has 0 atom stereocenters. The summed E-state index contributed by atoms with van der Waals surface area (Å²) in [5.41, 5.74) is 0.459. The predicted molar refractivity (Wildman–Crippen MR) is 74.8 cm³/mol. The van der Waals surface area contributed by atoms with Gasteiger partial charge in [0.2, 0.25) is 5.16 Å². The number of carbonyl (C=O) groups excluding carboxylic acids is 1. The number of rotatable bonds is 5. The highest BCUT2D eigenvalue weighted by Crippen LogP contribution is 2.24. The quantitative estimate of drug-likeness (QED) is 0.674. The highest BCUT2D eigenvalue weighted by atomic mass is 32.2. The Labute approximate surface area is 121 Å². The van der Waals surface area contributed by atoms with Gasteiger partial charge in [0.05, 0.1) is 12.9 Å². The van der Waals surface area contributed by atoms with Gasteiger partial charge in [-0.15, -0.1) is 5.10 Å². The van der Waals surface area contributed by atoms with E-state index in [9.17, 15) is 4.79 Å². The summed E-state index contributed by atoms with van der Waals surface area (Å²) >= 11 is 1.45. The monoisotopic (exact) mass is 295 g/mol. The molecule has 0 aliphatic heterocycles. The zero-order chi connectivity index (χ0) is 14.7. The second-order valence-electron chi connectivity index (χ2n) is 4.62. The Kier molecular flexibility index (Phi) is 4.49. The molecule has 0 radical (unpaired) electrons. The molecule has 0 saturated heterocycles. The van der Waals surface area contributed by atoms with Crippen molar-refractivity contribution in [3.63, 3.8) is 0 Å². The fraction of sp³-hybridized carbons (Fsp3) is 0.462. The Morgan fingerprint density at radius 2 is 2.30 bits per heavy atom. The van der Waals surface area contributed by atoms with Crippen LogP contribution in [0.2, 0.25) is 0 Å². The Morgan fingerprint density at radius 3 is 2.90 bits per heavy atom. The van der Waals surface area contributed by atoms with Gasteiger partial charge in [-0.2, -0.15) is 0 Å². The lowest BCUT2D eigenvalue weighted by molar-refractivity contribution is 0.0599. The first kappa shape index (κ1) is 14.6. The van der Waals surface area contributed by atoms with Crippen LogP contribution in [-0.2, 0) is 10.5 Å². The number of aryl methyl sites for hydroxylation is 1. The molecule has 7 heteroatoms. The minimum atomic E-state index is -0.387. The molecule has 20 heavy (non-hydrogen) atoms. The van der Waals surface area contributed by atoms with Crippen molar-refractivity contribution < 1.29 is 13.9 Å². The van der Waals surface area contributed by atoms with Gasteiger partial charge < -0.3 is 9.15 Å². The number of furan rings is 1. The van der Waals surface area contributed by atoms with Crippen LogP contribution in [0, 0.1) is 6.92 Å². The van der Waals surface area contributed by atoms with Crippen LogP contribution in [0.3, 0.4) is 0 Å². The van der Waals surface area contributed by atoms with Crippen molar-refractivity contribution in [1.29, 1.82) is 0 Å². The average molecular weight is 295 g/mol. The Bertz CT molecular complexity index is 604. The van der Waals surface area contributed by atoms with Crippen molar-refractivity contribution >= 4 is 17.7 Å². The first-order chi connectivity index (χ1) is 9.51. The fourth-order valence-electron chi connectivity index (χ4n) is 1.64. The number of aromatic amines is 1. The molecule has 0 fully saturated rings. The standard InChI is InChI=1S/C13H17N3O3S/c1-7(2)11-14-13(16-15-11)20-6-9-5-10(8(3)19-9)12(17)18-4/h5,7H,6H2,1-4H3,(H,14,15,16). The van der Waals surface area contributed by atoms with Gasteiger partial charge in [0.25, 0.3) is 0 Å². The van der Waals surface area contributed by atoms with Gasteiger partial charge in [0.15, 0.2) is 0 Å². The van der Waals surface area contributed by atoms with E-state index in [1.165, 1.54) is 18.9 Å². The van der Waals surface area contributed by atoms with Crippen LogP contribution in [0.5, 0.6) is 0 Å². The molecule has 2 aromatic rings. The fourth-order valence-corrected chi connectivity index (χ4v) is 2.33. The lowest BCUT2D eigenvalue weighted by Gasteiger charge is -1.95. The number of thioether (sulfide) groups is 1.